The molecule has 1 aliphatic heterocycles. The zero-order valence-corrected chi connectivity index (χ0v) is 15.5. The first-order valence-electron chi connectivity index (χ1n) is 9.13. The molecule has 1 atom stereocenters. The van der Waals surface area contributed by atoms with Crippen molar-refractivity contribution in [2.24, 2.45) is 5.92 Å². The van der Waals surface area contributed by atoms with Crippen molar-refractivity contribution < 1.29 is 22.7 Å². The number of allylic oxidation sites excluding steroid dienone is 1. The zero-order chi connectivity index (χ0) is 18.6. The maximum absolute atomic E-state index is 12.2. The molecule has 1 fully saturated rings. The molecule has 0 bridgehead atoms. The maximum atomic E-state index is 12.2. The summed E-state index contributed by atoms with van der Waals surface area (Å²) in [5, 5.41) is 1.13. The average molecular weight is 376 g/mol. The Labute approximate surface area is 154 Å². The molecule has 0 N–H and O–H groups in total. The SMILES string of the molecule is O=C(CC1C=CS(=O)(=O)C1)OCC(=O)c1ccc(C2CCCCC2)cc1. The van der Waals surface area contributed by atoms with E-state index in [1.807, 2.05) is 12.1 Å². The molecule has 1 aromatic rings. The highest BCUT2D eigenvalue weighted by Crippen LogP contribution is 2.32. The van der Waals surface area contributed by atoms with Crippen LogP contribution >= 0.6 is 0 Å². The van der Waals surface area contributed by atoms with Crippen molar-refractivity contribution in [3.8, 4) is 0 Å². The minimum absolute atomic E-state index is 0.0242. The number of hydrogen-bond acceptors (Lipinski definition) is 5. The van der Waals surface area contributed by atoms with Gasteiger partial charge in [0.1, 0.15) is 0 Å². The lowest BCUT2D eigenvalue weighted by Crippen LogP contribution is -2.17. The van der Waals surface area contributed by atoms with E-state index in [1.165, 1.54) is 43.7 Å². The number of ketones is 1. The fourth-order valence-electron chi connectivity index (χ4n) is 3.65. The molecule has 1 heterocycles. The van der Waals surface area contributed by atoms with Crippen LogP contribution in [0.2, 0.25) is 0 Å². The first-order chi connectivity index (χ1) is 12.4. The number of Topliss-reactive ketones (excluding diaryl/α,β-unsaturated/α-hetero) is 1. The van der Waals surface area contributed by atoms with E-state index < -0.39 is 15.8 Å². The minimum atomic E-state index is -3.18. The van der Waals surface area contributed by atoms with E-state index in [-0.39, 0.29) is 30.5 Å². The van der Waals surface area contributed by atoms with Crippen LogP contribution in [0, 0.1) is 5.92 Å². The second-order valence-electron chi connectivity index (χ2n) is 7.16. The number of carbonyl (C=O) groups excluding carboxylic acids is 2. The molecular formula is C20H24O5S. The van der Waals surface area contributed by atoms with Gasteiger partial charge in [-0.1, -0.05) is 49.6 Å². The summed E-state index contributed by atoms with van der Waals surface area (Å²) in [6, 6.07) is 7.59. The summed E-state index contributed by atoms with van der Waals surface area (Å²) in [4.78, 5) is 24.0. The Morgan fingerprint density at radius 3 is 2.35 bits per heavy atom. The molecule has 0 spiro atoms. The number of esters is 1. The highest BCUT2D eigenvalue weighted by Gasteiger charge is 2.24. The summed E-state index contributed by atoms with van der Waals surface area (Å²) in [6.45, 7) is -0.315. The number of ether oxygens (including phenoxy) is 1. The summed E-state index contributed by atoms with van der Waals surface area (Å²) in [5.74, 6) is -0.649. The van der Waals surface area contributed by atoms with Gasteiger partial charge >= 0.3 is 5.97 Å². The summed E-state index contributed by atoms with van der Waals surface area (Å²) in [7, 11) is -3.18. The molecule has 2 aliphatic rings. The molecule has 5 nitrogen and oxygen atoms in total. The normalized spacial score (nSPS) is 22.2. The van der Waals surface area contributed by atoms with Crippen molar-refractivity contribution >= 4 is 21.6 Å². The molecule has 1 unspecified atom stereocenters. The van der Waals surface area contributed by atoms with Gasteiger partial charge in [-0.3, -0.25) is 9.59 Å². The number of hydrogen-bond donors (Lipinski definition) is 0. The van der Waals surface area contributed by atoms with Crippen molar-refractivity contribution in [1.29, 1.82) is 0 Å². The van der Waals surface area contributed by atoms with Crippen LogP contribution in [0.3, 0.4) is 0 Å². The zero-order valence-electron chi connectivity index (χ0n) is 14.7. The van der Waals surface area contributed by atoms with E-state index in [1.54, 1.807) is 12.1 Å². The van der Waals surface area contributed by atoms with Crippen molar-refractivity contribution in [3.63, 3.8) is 0 Å². The molecule has 0 amide bonds. The number of carbonyl (C=O) groups is 2. The Kier molecular flexibility index (Phi) is 5.91. The van der Waals surface area contributed by atoms with Gasteiger partial charge in [-0.25, -0.2) is 8.42 Å². The van der Waals surface area contributed by atoms with Gasteiger partial charge in [0, 0.05) is 16.9 Å². The summed E-state index contributed by atoms with van der Waals surface area (Å²) >= 11 is 0. The minimum Gasteiger partial charge on any atom is -0.457 e. The number of benzene rings is 1. The number of sulfone groups is 1. The summed E-state index contributed by atoms with van der Waals surface area (Å²) in [6.07, 6.45) is 7.72. The van der Waals surface area contributed by atoms with Gasteiger partial charge in [-0.2, -0.15) is 0 Å². The van der Waals surface area contributed by atoms with Crippen molar-refractivity contribution in [1.82, 2.24) is 0 Å². The van der Waals surface area contributed by atoms with Crippen LogP contribution in [0.5, 0.6) is 0 Å². The molecule has 6 heteroatoms. The van der Waals surface area contributed by atoms with Gasteiger partial charge in [0.25, 0.3) is 0 Å². The standard InChI is InChI=1S/C20H24O5S/c21-19(13-25-20(22)12-15-10-11-26(23,24)14-15)18-8-6-17(7-9-18)16-4-2-1-3-5-16/h6-11,15-16H,1-5,12-14H2. The quantitative estimate of drug-likeness (QED) is 0.562. The van der Waals surface area contributed by atoms with E-state index >= 15 is 0 Å². The van der Waals surface area contributed by atoms with Crippen LogP contribution in [-0.2, 0) is 19.4 Å². The van der Waals surface area contributed by atoms with Crippen LogP contribution in [0.1, 0.15) is 60.4 Å². The Balaban J connectivity index is 1.47. The van der Waals surface area contributed by atoms with E-state index in [9.17, 15) is 18.0 Å². The topological polar surface area (TPSA) is 77.5 Å². The Morgan fingerprint density at radius 1 is 1.04 bits per heavy atom. The number of rotatable bonds is 6. The van der Waals surface area contributed by atoms with Crippen LogP contribution in [0.4, 0.5) is 0 Å². The third kappa shape index (κ3) is 5.04. The van der Waals surface area contributed by atoms with Crippen molar-refractivity contribution in [2.75, 3.05) is 12.4 Å². The maximum Gasteiger partial charge on any atom is 0.306 e. The lowest BCUT2D eigenvalue weighted by atomic mass is 9.84. The highest BCUT2D eigenvalue weighted by atomic mass is 32.2. The molecule has 140 valence electrons. The second kappa shape index (κ2) is 8.16. The molecule has 0 aromatic heterocycles. The predicted octanol–water partition coefficient (Wildman–Crippen LogP) is 3.41. The van der Waals surface area contributed by atoms with Crippen molar-refractivity contribution in [3.05, 3.63) is 46.9 Å². The third-order valence-corrected chi connectivity index (χ3v) is 6.57. The van der Waals surface area contributed by atoms with Crippen LogP contribution in [0.15, 0.2) is 35.7 Å². The van der Waals surface area contributed by atoms with Gasteiger partial charge in [-0.15, -0.1) is 0 Å². The summed E-state index contributed by atoms with van der Waals surface area (Å²) < 4.78 is 27.7. The molecule has 0 saturated heterocycles. The molecule has 26 heavy (non-hydrogen) atoms. The fourth-order valence-corrected chi connectivity index (χ4v) is 5.05. The molecular weight excluding hydrogens is 352 g/mol. The second-order valence-corrected chi connectivity index (χ2v) is 9.09. The highest BCUT2D eigenvalue weighted by molar-refractivity contribution is 7.94. The van der Waals surface area contributed by atoms with Crippen LogP contribution in [0.25, 0.3) is 0 Å². The van der Waals surface area contributed by atoms with Gasteiger partial charge in [0.05, 0.1) is 12.2 Å². The van der Waals surface area contributed by atoms with E-state index in [4.69, 9.17) is 4.74 Å². The Morgan fingerprint density at radius 2 is 1.73 bits per heavy atom. The first-order valence-corrected chi connectivity index (χ1v) is 10.8. The van der Waals surface area contributed by atoms with Gasteiger partial charge in [-0.05, 0) is 24.3 Å². The van der Waals surface area contributed by atoms with Crippen molar-refractivity contribution in [2.45, 2.75) is 44.4 Å². The van der Waals surface area contributed by atoms with Crippen LogP contribution in [-0.4, -0.2) is 32.5 Å². The fraction of sp³-hybridized carbons (Fsp3) is 0.500. The molecule has 1 saturated carbocycles. The van der Waals surface area contributed by atoms with Gasteiger partial charge < -0.3 is 4.74 Å². The monoisotopic (exact) mass is 376 g/mol. The van der Waals surface area contributed by atoms with Gasteiger partial charge in [0.2, 0.25) is 0 Å². The van der Waals surface area contributed by atoms with E-state index in [0.29, 0.717) is 11.5 Å². The largest absolute Gasteiger partial charge is 0.457 e. The predicted molar refractivity (Wildman–Crippen MR) is 98.6 cm³/mol. The average Bonchev–Trinajstić information content (AvgIpc) is 2.99. The molecule has 1 aromatic carbocycles. The first kappa shape index (κ1) is 18.8. The molecule has 3 rings (SSSR count). The lowest BCUT2D eigenvalue weighted by molar-refractivity contribution is -0.143. The molecule has 0 radical (unpaired) electrons. The van der Waals surface area contributed by atoms with E-state index in [2.05, 4.69) is 0 Å². The van der Waals surface area contributed by atoms with E-state index in [0.717, 1.165) is 5.41 Å². The molecule has 1 aliphatic carbocycles. The third-order valence-electron chi connectivity index (χ3n) is 5.11. The lowest BCUT2D eigenvalue weighted by Gasteiger charge is -2.22. The summed E-state index contributed by atoms with van der Waals surface area (Å²) in [5.41, 5.74) is 1.80. The Bertz CT molecular complexity index is 786. The Hall–Kier alpha value is -1.95. The smallest absolute Gasteiger partial charge is 0.306 e. The van der Waals surface area contributed by atoms with Crippen LogP contribution < -0.4 is 0 Å². The van der Waals surface area contributed by atoms with Gasteiger partial charge in [0.15, 0.2) is 22.2 Å².